The van der Waals surface area contributed by atoms with E-state index >= 15 is 0 Å². The molecule has 1 atom stereocenters. The van der Waals surface area contributed by atoms with Crippen molar-refractivity contribution in [1.82, 2.24) is 10.2 Å². The Balaban J connectivity index is 2.01. The molecule has 4 nitrogen and oxygen atoms in total. The minimum Gasteiger partial charge on any atom is -0.369 e. The van der Waals surface area contributed by atoms with E-state index in [4.69, 9.17) is 5.73 Å². The fraction of sp³-hybridized carbons (Fsp3) is 0.917. The van der Waals surface area contributed by atoms with E-state index in [2.05, 4.69) is 17.3 Å². The van der Waals surface area contributed by atoms with Crippen molar-refractivity contribution in [2.45, 2.75) is 26.2 Å². The average Bonchev–Trinajstić information content (AvgIpc) is 2.26. The van der Waals surface area contributed by atoms with Crippen LogP contribution in [0.5, 0.6) is 0 Å². The molecule has 1 aliphatic heterocycles. The predicted octanol–water partition coefficient (Wildman–Crippen LogP) is 0.429. The van der Waals surface area contributed by atoms with E-state index in [-0.39, 0.29) is 11.8 Å². The van der Waals surface area contributed by atoms with Crippen LogP contribution in [-0.2, 0) is 4.79 Å². The van der Waals surface area contributed by atoms with Crippen molar-refractivity contribution >= 4 is 5.91 Å². The SMILES string of the molecule is CC(CNCCC1CCN(C)CC1)C(N)=O. The van der Waals surface area contributed by atoms with E-state index in [0.29, 0.717) is 6.54 Å². The van der Waals surface area contributed by atoms with E-state index in [1.165, 1.54) is 32.4 Å². The van der Waals surface area contributed by atoms with Crippen LogP contribution in [-0.4, -0.2) is 44.0 Å². The van der Waals surface area contributed by atoms with Gasteiger partial charge in [0.25, 0.3) is 0 Å². The van der Waals surface area contributed by atoms with Crippen LogP contribution in [0.15, 0.2) is 0 Å². The normalized spacial score (nSPS) is 20.9. The Morgan fingerprint density at radius 3 is 2.69 bits per heavy atom. The summed E-state index contributed by atoms with van der Waals surface area (Å²) < 4.78 is 0. The van der Waals surface area contributed by atoms with Crippen molar-refractivity contribution in [1.29, 1.82) is 0 Å². The molecule has 0 saturated carbocycles. The lowest BCUT2D eigenvalue weighted by Gasteiger charge is -2.29. The number of nitrogens with one attached hydrogen (secondary N) is 1. The lowest BCUT2D eigenvalue weighted by atomic mass is 9.94. The molecule has 0 aromatic rings. The molecule has 1 rings (SSSR count). The minimum atomic E-state index is -0.216. The van der Waals surface area contributed by atoms with Crippen molar-refractivity contribution in [2.75, 3.05) is 33.2 Å². The van der Waals surface area contributed by atoms with Crippen molar-refractivity contribution in [3.63, 3.8) is 0 Å². The Morgan fingerprint density at radius 2 is 2.12 bits per heavy atom. The maximum Gasteiger partial charge on any atom is 0.221 e. The number of rotatable bonds is 6. The van der Waals surface area contributed by atoms with Gasteiger partial charge in [-0.25, -0.2) is 0 Å². The number of nitrogens with two attached hydrogens (primary N) is 1. The van der Waals surface area contributed by atoms with Crippen LogP contribution < -0.4 is 11.1 Å². The average molecular weight is 227 g/mol. The summed E-state index contributed by atoms with van der Waals surface area (Å²) in [7, 11) is 2.18. The second kappa shape index (κ2) is 6.86. The zero-order valence-corrected chi connectivity index (χ0v) is 10.5. The van der Waals surface area contributed by atoms with Crippen molar-refractivity contribution < 1.29 is 4.79 Å². The third-order valence-corrected chi connectivity index (χ3v) is 3.50. The molecule has 16 heavy (non-hydrogen) atoms. The summed E-state index contributed by atoms with van der Waals surface area (Å²) in [5.74, 6) is 0.580. The molecule has 1 aliphatic rings. The molecule has 0 aliphatic carbocycles. The zero-order chi connectivity index (χ0) is 12.0. The summed E-state index contributed by atoms with van der Waals surface area (Å²) in [5, 5.41) is 3.31. The van der Waals surface area contributed by atoms with E-state index in [9.17, 15) is 4.79 Å². The molecule has 3 N–H and O–H groups in total. The van der Waals surface area contributed by atoms with Crippen molar-refractivity contribution in [2.24, 2.45) is 17.6 Å². The second-order valence-corrected chi connectivity index (χ2v) is 5.04. The van der Waals surface area contributed by atoms with E-state index in [0.717, 1.165) is 12.5 Å². The van der Waals surface area contributed by atoms with Gasteiger partial charge in [0.15, 0.2) is 0 Å². The van der Waals surface area contributed by atoms with Gasteiger partial charge in [0.05, 0.1) is 0 Å². The highest BCUT2D eigenvalue weighted by Crippen LogP contribution is 2.18. The highest BCUT2D eigenvalue weighted by molar-refractivity contribution is 5.76. The van der Waals surface area contributed by atoms with E-state index in [1.54, 1.807) is 0 Å². The second-order valence-electron chi connectivity index (χ2n) is 5.04. The quantitative estimate of drug-likeness (QED) is 0.647. The van der Waals surface area contributed by atoms with E-state index < -0.39 is 0 Å². The summed E-state index contributed by atoms with van der Waals surface area (Å²) in [6.45, 7) is 6.03. The highest BCUT2D eigenvalue weighted by Gasteiger charge is 2.16. The standard InChI is InChI=1S/C12H25N3O/c1-10(12(13)16)9-14-6-3-11-4-7-15(2)8-5-11/h10-11,14H,3-9H2,1-2H3,(H2,13,16). The fourth-order valence-electron chi connectivity index (χ4n) is 2.08. The molecule has 1 heterocycles. The molecule has 0 aromatic heterocycles. The first-order valence-corrected chi connectivity index (χ1v) is 6.28. The van der Waals surface area contributed by atoms with Gasteiger partial charge in [-0.15, -0.1) is 0 Å². The number of carbonyl (C=O) groups excluding carboxylic acids is 1. The first-order valence-electron chi connectivity index (χ1n) is 6.28. The zero-order valence-electron chi connectivity index (χ0n) is 10.5. The van der Waals surface area contributed by atoms with Crippen molar-refractivity contribution in [3.8, 4) is 0 Å². The number of nitrogens with zero attached hydrogens (tertiary/aromatic N) is 1. The summed E-state index contributed by atoms with van der Waals surface area (Å²) in [4.78, 5) is 13.2. The van der Waals surface area contributed by atoms with Gasteiger partial charge in [0.1, 0.15) is 0 Å². The molecular weight excluding hydrogens is 202 g/mol. The third kappa shape index (κ3) is 4.94. The topological polar surface area (TPSA) is 58.4 Å². The lowest BCUT2D eigenvalue weighted by Crippen LogP contribution is -2.34. The van der Waals surface area contributed by atoms with E-state index in [1.807, 2.05) is 6.92 Å². The molecule has 1 saturated heterocycles. The van der Waals surface area contributed by atoms with Crippen LogP contribution in [0, 0.1) is 11.8 Å². The first-order chi connectivity index (χ1) is 7.59. The molecule has 0 aromatic carbocycles. The maximum absolute atomic E-state index is 10.8. The maximum atomic E-state index is 10.8. The number of piperidine rings is 1. The van der Waals surface area contributed by atoms with Crippen LogP contribution in [0.2, 0.25) is 0 Å². The number of hydrogen-bond donors (Lipinski definition) is 2. The van der Waals surface area contributed by atoms with Crippen LogP contribution in [0.4, 0.5) is 0 Å². The number of likely N-dealkylation sites (tertiary alicyclic amines) is 1. The number of primary amides is 1. The highest BCUT2D eigenvalue weighted by atomic mass is 16.1. The Kier molecular flexibility index (Phi) is 5.77. The van der Waals surface area contributed by atoms with Gasteiger partial charge in [-0.05, 0) is 51.9 Å². The Bertz CT molecular complexity index is 212. The van der Waals surface area contributed by atoms with Gasteiger partial charge in [0, 0.05) is 12.5 Å². The molecule has 1 fully saturated rings. The van der Waals surface area contributed by atoms with Crippen LogP contribution in [0.1, 0.15) is 26.2 Å². The summed E-state index contributed by atoms with van der Waals surface area (Å²) in [6, 6.07) is 0. The van der Waals surface area contributed by atoms with Gasteiger partial charge in [-0.3, -0.25) is 4.79 Å². The lowest BCUT2D eigenvalue weighted by molar-refractivity contribution is -0.121. The largest absolute Gasteiger partial charge is 0.369 e. The summed E-state index contributed by atoms with van der Waals surface area (Å²) in [5.41, 5.74) is 5.19. The van der Waals surface area contributed by atoms with Gasteiger partial charge in [-0.2, -0.15) is 0 Å². The Morgan fingerprint density at radius 1 is 1.50 bits per heavy atom. The number of carbonyl (C=O) groups is 1. The molecule has 0 bridgehead atoms. The molecule has 94 valence electrons. The monoisotopic (exact) mass is 227 g/mol. The molecule has 1 unspecified atom stereocenters. The minimum absolute atomic E-state index is 0.0579. The third-order valence-electron chi connectivity index (χ3n) is 3.50. The number of hydrogen-bond acceptors (Lipinski definition) is 3. The molecule has 0 spiro atoms. The predicted molar refractivity (Wildman–Crippen MR) is 66.1 cm³/mol. The van der Waals surface area contributed by atoms with Crippen molar-refractivity contribution in [3.05, 3.63) is 0 Å². The van der Waals surface area contributed by atoms with Gasteiger partial charge < -0.3 is 16.0 Å². The van der Waals surface area contributed by atoms with Gasteiger partial charge in [-0.1, -0.05) is 6.92 Å². The summed E-state index contributed by atoms with van der Waals surface area (Å²) >= 11 is 0. The van der Waals surface area contributed by atoms with Crippen LogP contribution >= 0.6 is 0 Å². The van der Waals surface area contributed by atoms with Gasteiger partial charge in [0.2, 0.25) is 5.91 Å². The van der Waals surface area contributed by atoms with Crippen LogP contribution in [0.3, 0.4) is 0 Å². The first kappa shape index (κ1) is 13.5. The molecule has 0 radical (unpaired) electrons. The smallest absolute Gasteiger partial charge is 0.221 e. The Hall–Kier alpha value is -0.610. The number of amides is 1. The molecule has 1 amide bonds. The molecule has 4 heteroatoms. The van der Waals surface area contributed by atoms with Crippen LogP contribution in [0.25, 0.3) is 0 Å². The fourth-order valence-corrected chi connectivity index (χ4v) is 2.08. The molecular formula is C12H25N3O. The summed E-state index contributed by atoms with van der Waals surface area (Å²) in [6.07, 6.45) is 3.84. The van der Waals surface area contributed by atoms with Gasteiger partial charge >= 0.3 is 0 Å². The Labute approximate surface area is 98.6 Å².